The summed E-state index contributed by atoms with van der Waals surface area (Å²) in [7, 11) is -0.0364. The maximum atomic E-state index is 2.40. The molecular formula is C17H29P. The highest BCUT2D eigenvalue weighted by Crippen LogP contribution is 2.61. The van der Waals surface area contributed by atoms with E-state index < -0.39 is 0 Å². The van der Waals surface area contributed by atoms with Crippen molar-refractivity contribution in [1.29, 1.82) is 0 Å². The van der Waals surface area contributed by atoms with Gasteiger partial charge in [0.1, 0.15) is 0 Å². The number of benzene rings is 1. The van der Waals surface area contributed by atoms with Crippen LogP contribution >= 0.6 is 7.92 Å². The number of hydrogen-bond donors (Lipinski definition) is 0. The molecule has 0 saturated heterocycles. The van der Waals surface area contributed by atoms with E-state index in [1.165, 1.54) is 17.3 Å². The maximum Gasteiger partial charge on any atom is -0.00636 e. The van der Waals surface area contributed by atoms with Gasteiger partial charge < -0.3 is 0 Å². The number of aryl methyl sites for hydroxylation is 1. The molecule has 0 unspecified atom stereocenters. The highest BCUT2D eigenvalue weighted by molar-refractivity contribution is 7.60. The lowest BCUT2D eigenvalue weighted by Crippen LogP contribution is -2.25. The van der Waals surface area contributed by atoms with Gasteiger partial charge in [0.25, 0.3) is 0 Å². The molecule has 0 bridgehead atoms. The number of hydrogen-bond acceptors (Lipinski definition) is 0. The molecule has 1 rings (SSSR count). The van der Waals surface area contributed by atoms with E-state index in [0.29, 0.717) is 10.3 Å². The standard InChI is InChI=1S/C17H29P/c1-8-14-10-9-11-15(12-14)13-18(16(2,3)4)17(5,6)7/h9-12H,8,13H2,1-7H3. The molecular weight excluding hydrogens is 235 g/mol. The smallest absolute Gasteiger partial charge is 0.00636 e. The highest BCUT2D eigenvalue weighted by atomic mass is 31.1. The molecule has 0 aliphatic carbocycles. The van der Waals surface area contributed by atoms with Gasteiger partial charge in [-0.3, -0.25) is 0 Å². The molecule has 1 aromatic rings. The van der Waals surface area contributed by atoms with Gasteiger partial charge in [0.05, 0.1) is 0 Å². The summed E-state index contributed by atoms with van der Waals surface area (Å²) in [5, 5.41) is 0.825. The molecule has 18 heavy (non-hydrogen) atoms. The van der Waals surface area contributed by atoms with E-state index in [1.54, 1.807) is 0 Å². The van der Waals surface area contributed by atoms with Crippen molar-refractivity contribution in [2.45, 2.75) is 71.4 Å². The van der Waals surface area contributed by atoms with E-state index in [1.807, 2.05) is 0 Å². The first-order valence-electron chi connectivity index (χ1n) is 7.00. The molecule has 1 aromatic carbocycles. The van der Waals surface area contributed by atoms with Gasteiger partial charge in [-0.15, -0.1) is 0 Å². The van der Waals surface area contributed by atoms with E-state index in [2.05, 4.69) is 72.7 Å². The summed E-state index contributed by atoms with van der Waals surface area (Å²) in [5.74, 6) is 0. The first-order valence-corrected chi connectivity index (χ1v) is 8.53. The summed E-state index contributed by atoms with van der Waals surface area (Å²) >= 11 is 0. The van der Waals surface area contributed by atoms with Gasteiger partial charge in [0.2, 0.25) is 0 Å². The lowest BCUT2D eigenvalue weighted by molar-refractivity contribution is 0.702. The first-order chi connectivity index (χ1) is 8.14. The normalized spacial score (nSPS) is 13.1. The van der Waals surface area contributed by atoms with Gasteiger partial charge in [-0.1, -0.05) is 80.7 Å². The van der Waals surface area contributed by atoms with Crippen LogP contribution in [0.1, 0.15) is 59.6 Å². The van der Waals surface area contributed by atoms with E-state index in [9.17, 15) is 0 Å². The third-order valence-electron chi connectivity index (χ3n) is 3.36. The van der Waals surface area contributed by atoms with Crippen molar-refractivity contribution in [3.05, 3.63) is 35.4 Å². The van der Waals surface area contributed by atoms with Crippen LogP contribution in [0.25, 0.3) is 0 Å². The third kappa shape index (κ3) is 4.39. The van der Waals surface area contributed by atoms with Crippen molar-refractivity contribution in [2.24, 2.45) is 0 Å². The van der Waals surface area contributed by atoms with Gasteiger partial charge in [-0.25, -0.2) is 0 Å². The van der Waals surface area contributed by atoms with Crippen LogP contribution in [0.2, 0.25) is 0 Å². The Labute approximate surface area is 115 Å². The molecule has 0 atom stereocenters. The second-order valence-corrected chi connectivity index (χ2v) is 11.0. The van der Waals surface area contributed by atoms with Crippen molar-refractivity contribution in [2.75, 3.05) is 0 Å². The highest BCUT2D eigenvalue weighted by Gasteiger charge is 2.33. The average Bonchev–Trinajstić information content (AvgIpc) is 2.23. The van der Waals surface area contributed by atoms with Crippen molar-refractivity contribution in [3.8, 4) is 0 Å². The van der Waals surface area contributed by atoms with E-state index >= 15 is 0 Å². The Balaban J connectivity index is 2.97. The molecule has 0 heterocycles. The Morgan fingerprint density at radius 1 is 0.889 bits per heavy atom. The van der Waals surface area contributed by atoms with Crippen molar-refractivity contribution < 1.29 is 0 Å². The van der Waals surface area contributed by atoms with Gasteiger partial charge in [-0.05, 0) is 34.0 Å². The second kappa shape index (κ2) is 5.74. The summed E-state index contributed by atoms with van der Waals surface area (Å²) in [6.45, 7) is 16.6. The predicted molar refractivity (Wildman–Crippen MR) is 86.0 cm³/mol. The van der Waals surface area contributed by atoms with Crippen LogP contribution in [-0.2, 0) is 12.6 Å². The Kier molecular flexibility index (Phi) is 5.01. The zero-order valence-corrected chi connectivity index (χ0v) is 14.1. The Morgan fingerprint density at radius 2 is 1.39 bits per heavy atom. The Morgan fingerprint density at radius 3 is 1.83 bits per heavy atom. The Bertz CT molecular complexity index is 365. The van der Waals surface area contributed by atoms with Crippen LogP contribution in [0.4, 0.5) is 0 Å². The molecule has 0 amide bonds. The molecule has 0 saturated carbocycles. The van der Waals surface area contributed by atoms with Crippen LogP contribution in [0.5, 0.6) is 0 Å². The number of rotatable bonds is 3. The average molecular weight is 264 g/mol. The van der Waals surface area contributed by atoms with Crippen LogP contribution in [0.3, 0.4) is 0 Å². The molecule has 0 radical (unpaired) electrons. The van der Waals surface area contributed by atoms with E-state index in [0.717, 1.165) is 6.42 Å². The van der Waals surface area contributed by atoms with Crippen molar-refractivity contribution in [3.63, 3.8) is 0 Å². The molecule has 0 spiro atoms. The van der Waals surface area contributed by atoms with Gasteiger partial charge >= 0.3 is 0 Å². The van der Waals surface area contributed by atoms with Crippen LogP contribution < -0.4 is 0 Å². The summed E-state index contributed by atoms with van der Waals surface area (Å²) < 4.78 is 0. The molecule has 0 N–H and O–H groups in total. The predicted octanol–water partition coefficient (Wildman–Crippen LogP) is 5.83. The van der Waals surface area contributed by atoms with Gasteiger partial charge in [-0.2, -0.15) is 0 Å². The molecule has 0 aromatic heterocycles. The van der Waals surface area contributed by atoms with Gasteiger partial charge in [0, 0.05) is 0 Å². The fraction of sp³-hybridized carbons (Fsp3) is 0.647. The van der Waals surface area contributed by atoms with E-state index in [-0.39, 0.29) is 7.92 Å². The summed E-state index contributed by atoms with van der Waals surface area (Å²) in [4.78, 5) is 0. The topological polar surface area (TPSA) is 0 Å². The minimum Gasteiger partial charge on any atom is -0.0911 e. The zero-order chi connectivity index (χ0) is 14.0. The maximum absolute atomic E-state index is 2.40. The quantitative estimate of drug-likeness (QED) is 0.603. The van der Waals surface area contributed by atoms with Crippen LogP contribution in [0, 0.1) is 0 Å². The first kappa shape index (κ1) is 15.7. The molecule has 0 aliphatic heterocycles. The lowest BCUT2D eigenvalue weighted by Gasteiger charge is -2.41. The monoisotopic (exact) mass is 264 g/mol. The summed E-state index contributed by atoms with van der Waals surface area (Å²) in [5.41, 5.74) is 2.98. The minimum atomic E-state index is -0.0364. The Hall–Kier alpha value is -0.350. The molecule has 0 fully saturated rings. The van der Waals surface area contributed by atoms with E-state index in [4.69, 9.17) is 0 Å². The van der Waals surface area contributed by atoms with Crippen molar-refractivity contribution in [1.82, 2.24) is 0 Å². The summed E-state index contributed by atoms with van der Waals surface area (Å²) in [6, 6.07) is 9.14. The fourth-order valence-corrected chi connectivity index (χ4v) is 6.13. The third-order valence-corrected chi connectivity index (χ3v) is 7.28. The second-order valence-electron chi connectivity index (χ2n) is 7.10. The molecule has 1 heteroatoms. The molecule has 0 aliphatic rings. The largest absolute Gasteiger partial charge is 0.0911 e. The SMILES string of the molecule is CCc1cccc(CP(C(C)(C)C)C(C)(C)C)c1. The summed E-state index contributed by atoms with van der Waals surface area (Å²) in [6.07, 6.45) is 2.38. The molecule has 0 nitrogen and oxygen atoms in total. The zero-order valence-electron chi connectivity index (χ0n) is 13.2. The minimum absolute atomic E-state index is 0.0364. The van der Waals surface area contributed by atoms with Crippen LogP contribution in [0.15, 0.2) is 24.3 Å². The molecule has 102 valence electrons. The lowest BCUT2D eigenvalue weighted by atomic mass is 10.1. The van der Waals surface area contributed by atoms with Crippen molar-refractivity contribution >= 4 is 7.92 Å². The van der Waals surface area contributed by atoms with Gasteiger partial charge in [0.15, 0.2) is 0 Å². The van der Waals surface area contributed by atoms with Crippen LogP contribution in [-0.4, -0.2) is 10.3 Å². The fourth-order valence-electron chi connectivity index (χ4n) is 2.61.